The van der Waals surface area contributed by atoms with Gasteiger partial charge in [-0.25, -0.2) is 13.4 Å². The van der Waals surface area contributed by atoms with Crippen LogP contribution in [0.1, 0.15) is 17.3 Å². The van der Waals surface area contributed by atoms with Crippen LogP contribution >= 0.6 is 39.1 Å². The van der Waals surface area contributed by atoms with Crippen molar-refractivity contribution in [1.29, 1.82) is 0 Å². The zero-order valence-corrected chi connectivity index (χ0v) is 15.0. The van der Waals surface area contributed by atoms with Gasteiger partial charge in [0.15, 0.2) is 5.78 Å². The minimum absolute atomic E-state index is 0.0889. The molecule has 116 valence electrons. The van der Waals surface area contributed by atoms with E-state index in [2.05, 4.69) is 25.6 Å². The van der Waals surface area contributed by atoms with Crippen LogP contribution in [0.3, 0.4) is 0 Å². The molecule has 0 aliphatic rings. The van der Waals surface area contributed by atoms with Gasteiger partial charge in [-0.2, -0.15) is 0 Å². The van der Waals surface area contributed by atoms with Crippen molar-refractivity contribution in [2.45, 2.75) is 11.8 Å². The molecule has 0 bridgehead atoms. The Hall–Kier alpha value is -1.15. The third-order valence-electron chi connectivity index (χ3n) is 2.68. The van der Waals surface area contributed by atoms with Gasteiger partial charge in [-0.1, -0.05) is 23.2 Å². The number of anilines is 1. The topological polar surface area (TPSA) is 76.1 Å². The van der Waals surface area contributed by atoms with Crippen molar-refractivity contribution in [2.24, 2.45) is 0 Å². The first kappa shape index (κ1) is 17.2. The molecule has 0 radical (unpaired) electrons. The van der Waals surface area contributed by atoms with Crippen LogP contribution in [-0.4, -0.2) is 19.2 Å². The number of rotatable bonds is 4. The SMILES string of the molecule is CC(=O)c1cc(S(=O)(=O)Nc2cc(Cl)cnc2Br)ccc1Cl. The molecule has 0 unspecified atom stereocenters. The van der Waals surface area contributed by atoms with Gasteiger partial charge in [0.1, 0.15) is 4.60 Å². The van der Waals surface area contributed by atoms with Crippen molar-refractivity contribution in [1.82, 2.24) is 4.98 Å². The number of hydrogen-bond donors (Lipinski definition) is 1. The van der Waals surface area contributed by atoms with Gasteiger partial charge in [0.25, 0.3) is 10.0 Å². The fraction of sp³-hybridized carbons (Fsp3) is 0.0769. The Kier molecular flexibility index (Phi) is 5.11. The van der Waals surface area contributed by atoms with Crippen molar-refractivity contribution in [3.8, 4) is 0 Å². The lowest BCUT2D eigenvalue weighted by atomic mass is 10.1. The molecular weight excluding hydrogens is 415 g/mol. The van der Waals surface area contributed by atoms with Crippen molar-refractivity contribution in [2.75, 3.05) is 4.72 Å². The van der Waals surface area contributed by atoms with E-state index in [1.807, 2.05) is 0 Å². The minimum atomic E-state index is -3.91. The highest BCUT2D eigenvalue weighted by atomic mass is 79.9. The van der Waals surface area contributed by atoms with Crippen molar-refractivity contribution in [3.63, 3.8) is 0 Å². The van der Waals surface area contributed by atoms with Crippen LogP contribution in [0.5, 0.6) is 0 Å². The minimum Gasteiger partial charge on any atom is -0.294 e. The molecule has 1 aromatic heterocycles. The van der Waals surface area contributed by atoms with Crippen LogP contribution in [-0.2, 0) is 10.0 Å². The van der Waals surface area contributed by atoms with Crippen LogP contribution in [0.4, 0.5) is 5.69 Å². The summed E-state index contributed by atoms with van der Waals surface area (Å²) in [6.07, 6.45) is 1.37. The van der Waals surface area contributed by atoms with Crippen molar-refractivity contribution >= 4 is 60.6 Å². The van der Waals surface area contributed by atoms with E-state index in [9.17, 15) is 13.2 Å². The third-order valence-corrected chi connectivity index (χ3v) is 5.21. The Balaban J connectivity index is 2.45. The van der Waals surface area contributed by atoms with Crippen LogP contribution in [0.2, 0.25) is 10.0 Å². The molecule has 0 aliphatic carbocycles. The summed E-state index contributed by atoms with van der Waals surface area (Å²) in [4.78, 5) is 15.3. The quantitative estimate of drug-likeness (QED) is 0.591. The normalized spacial score (nSPS) is 11.3. The molecule has 9 heteroatoms. The lowest BCUT2D eigenvalue weighted by Crippen LogP contribution is -2.14. The molecule has 5 nitrogen and oxygen atoms in total. The molecule has 2 aromatic rings. The zero-order chi connectivity index (χ0) is 16.5. The Morgan fingerprint density at radius 2 is 1.95 bits per heavy atom. The van der Waals surface area contributed by atoms with Gasteiger partial charge in [-0.05, 0) is 47.1 Å². The number of Topliss-reactive ketones (excluding diaryl/α,β-unsaturated/α-hetero) is 1. The lowest BCUT2D eigenvalue weighted by molar-refractivity contribution is 0.101. The number of hydrogen-bond acceptors (Lipinski definition) is 4. The van der Waals surface area contributed by atoms with Gasteiger partial charge in [-0.3, -0.25) is 9.52 Å². The molecule has 0 saturated heterocycles. The van der Waals surface area contributed by atoms with E-state index in [0.29, 0.717) is 4.60 Å². The van der Waals surface area contributed by atoms with E-state index in [1.165, 1.54) is 37.4 Å². The van der Waals surface area contributed by atoms with E-state index in [-0.39, 0.29) is 32.0 Å². The molecule has 0 aliphatic heterocycles. The number of carbonyl (C=O) groups excluding carboxylic acids is 1. The number of aromatic nitrogens is 1. The third kappa shape index (κ3) is 3.78. The van der Waals surface area contributed by atoms with E-state index < -0.39 is 10.0 Å². The second kappa shape index (κ2) is 6.54. The monoisotopic (exact) mass is 422 g/mol. The Bertz CT molecular complexity index is 856. The Morgan fingerprint density at radius 3 is 2.59 bits per heavy atom. The zero-order valence-electron chi connectivity index (χ0n) is 11.1. The lowest BCUT2D eigenvalue weighted by Gasteiger charge is -2.11. The van der Waals surface area contributed by atoms with Crippen LogP contribution in [0.15, 0.2) is 40.0 Å². The molecule has 1 N–H and O–H groups in total. The highest BCUT2D eigenvalue weighted by Crippen LogP contribution is 2.27. The Labute approximate surface area is 145 Å². The van der Waals surface area contributed by atoms with Crippen molar-refractivity contribution < 1.29 is 13.2 Å². The summed E-state index contributed by atoms with van der Waals surface area (Å²) in [5.41, 5.74) is 0.319. The number of carbonyl (C=O) groups is 1. The summed E-state index contributed by atoms with van der Waals surface area (Å²) in [5.74, 6) is -0.326. The summed E-state index contributed by atoms with van der Waals surface area (Å²) >= 11 is 14.8. The fourth-order valence-electron chi connectivity index (χ4n) is 1.64. The highest BCUT2D eigenvalue weighted by Gasteiger charge is 2.19. The first-order valence-electron chi connectivity index (χ1n) is 5.85. The summed E-state index contributed by atoms with van der Waals surface area (Å²) in [7, 11) is -3.91. The molecule has 2 rings (SSSR count). The molecule has 1 aromatic carbocycles. The maximum absolute atomic E-state index is 12.4. The van der Waals surface area contributed by atoms with E-state index in [1.54, 1.807) is 0 Å². The maximum Gasteiger partial charge on any atom is 0.262 e. The fourth-order valence-corrected chi connectivity index (χ4v) is 3.58. The predicted molar refractivity (Wildman–Crippen MR) is 89.2 cm³/mol. The smallest absolute Gasteiger partial charge is 0.262 e. The summed E-state index contributed by atoms with van der Waals surface area (Å²) < 4.78 is 27.4. The number of sulfonamides is 1. The molecule has 1 heterocycles. The number of ketones is 1. The van der Waals surface area contributed by atoms with Gasteiger partial charge in [0, 0.05) is 11.8 Å². The van der Waals surface area contributed by atoms with Crippen LogP contribution < -0.4 is 4.72 Å². The molecule has 0 atom stereocenters. The van der Waals surface area contributed by atoms with Gasteiger partial charge >= 0.3 is 0 Å². The van der Waals surface area contributed by atoms with Gasteiger partial charge < -0.3 is 0 Å². The highest BCUT2D eigenvalue weighted by molar-refractivity contribution is 9.10. The maximum atomic E-state index is 12.4. The summed E-state index contributed by atoms with van der Waals surface area (Å²) in [5, 5.41) is 0.471. The first-order chi connectivity index (χ1) is 10.2. The molecule has 0 fully saturated rings. The number of pyridine rings is 1. The van der Waals surface area contributed by atoms with E-state index in [0.717, 1.165) is 0 Å². The molecule has 0 amide bonds. The van der Waals surface area contributed by atoms with Gasteiger partial charge in [0.2, 0.25) is 0 Å². The van der Waals surface area contributed by atoms with Crippen molar-refractivity contribution in [3.05, 3.63) is 50.7 Å². The molecule has 0 saturated carbocycles. The van der Waals surface area contributed by atoms with E-state index in [4.69, 9.17) is 23.2 Å². The van der Waals surface area contributed by atoms with Gasteiger partial charge in [0.05, 0.1) is 20.6 Å². The second-order valence-electron chi connectivity index (χ2n) is 4.30. The number of benzene rings is 1. The molecular formula is C13H9BrCl2N2O3S. The van der Waals surface area contributed by atoms with Crippen LogP contribution in [0.25, 0.3) is 0 Å². The Morgan fingerprint density at radius 1 is 1.27 bits per heavy atom. The number of halogens is 3. The van der Waals surface area contributed by atoms with E-state index >= 15 is 0 Å². The summed E-state index contributed by atoms with van der Waals surface area (Å²) in [6.45, 7) is 1.31. The largest absolute Gasteiger partial charge is 0.294 e. The standard InChI is InChI=1S/C13H9BrCl2N2O3S/c1-7(19)10-5-9(2-3-11(10)16)22(20,21)18-12-4-8(15)6-17-13(12)14/h2-6,18H,1H3. The first-order valence-corrected chi connectivity index (χ1v) is 8.88. The number of nitrogens with zero attached hydrogens (tertiary/aromatic N) is 1. The molecule has 0 spiro atoms. The summed E-state index contributed by atoms with van der Waals surface area (Å²) in [6, 6.07) is 5.30. The second-order valence-corrected chi connectivity index (χ2v) is 7.57. The predicted octanol–water partition coefficient (Wildman–Crippen LogP) is 4.15. The van der Waals surface area contributed by atoms with Crippen LogP contribution in [0, 0.1) is 0 Å². The molecule has 22 heavy (non-hydrogen) atoms. The average Bonchev–Trinajstić information content (AvgIpc) is 2.42. The van der Waals surface area contributed by atoms with Gasteiger partial charge in [-0.15, -0.1) is 0 Å². The average molecular weight is 424 g/mol. The number of nitrogens with one attached hydrogen (secondary N) is 1.